The van der Waals surface area contributed by atoms with E-state index in [1.165, 1.54) is 6.07 Å². The fourth-order valence-electron chi connectivity index (χ4n) is 4.80. The number of piperazine rings is 1. The first-order valence-corrected chi connectivity index (χ1v) is 11.9. The maximum Gasteiger partial charge on any atom is 0.322 e. The minimum atomic E-state index is -1.19. The summed E-state index contributed by atoms with van der Waals surface area (Å²) in [6.07, 6.45) is 5.66. The maximum atomic E-state index is 13.6. The molecule has 1 unspecified atom stereocenters. The van der Waals surface area contributed by atoms with E-state index >= 15 is 0 Å². The van der Waals surface area contributed by atoms with Crippen molar-refractivity contribution < 1.29 is 14.0 Å². The lowest BCUT2D eigenvalue weighted by atomic mass is 9.88. The second-order valence-corrected chi connectivity index (χ2v) is 9.13. The quantitative estimate of drug-likeness (QED) is 0.575. The zero-order chi connectivity index (χ0) is 24.3. The monoisotopic (exact) mass is 485 g/mol. The number of halogens is 2. The number of aromatic nitrogens is 1. The number of amides is 3. The van der Waals surface area contributed by atoms with Gasteiger partial charge in [-0.3, -0.25) is 15.1 Å². The van der Waals surface area contributed by atoms with Crippen LogP contribution >= 0.6 is 11.6 Å². The molecule has 7 nitrogen and oxygen atoms in total. The number of anilines is 1. The van der Waals surface area contributed by atoms with Gasteiger partial charge in [0.2, 0.25) is 0 Å². The van der Waals surface area contributed by atoms with Crippen LogP contribution in [0.1, 0.15) is 38.8 Å². The molecule has 2 fully saturated rings. The molecule has 2 atom stereocenters. The van der Waals surface area contributed by atoms with Crippen molar-refractivity contribution in [2.75, 3.05) is 24.5 Å². The molecular weight excluding hydrogens is 457 g/mol. The molecule has 0 spiro atoms. The first kappa shape index (κ1) is 24.0. The van der Waals surface area contributed by atoms with E-state index in [0.29, 0.717) is 18.5 Å². The molecule has 3 amide bonds. The number of allylic oxidation sites excluding steroid dienone is 2. The van der Waals surface area contributed by atoms with Crippen LogP contribution in [-0.4, -0.2) is 47.5 Å². The normalized spacial score (nSPS) is 23.2. The van der Waals surface area contributed by atoms with Crippen LogP contribution in [0.4, 0.5) is 14.9 Å². The molecular formula is C25H29ClFN5O2. The number of carbonyl (C=O) groups excluding carboxylic acids is 2. The van der Waals surface area contributed by atoms with Gasteiger partial charge in [0.1, 0.15) is 5.82 Å². The Balaban J connectivity index is 1.49. The molecule has 180 valence electrons. The van der Waals surface area contributed by atoms with Gasteiger partial charge in [-0.2, -0.15) is 0 Å². The van der Waals surface area contributed by atoms with Gasteiger partial charge in [0.05, 0.1) is 10.7 Å². The highest BCUT2D eigenvalue weighted by Crippen LogP contribution is 2.32. The molecule has 1 aromatic carbocycles. The third-order valence-electron chi connectivity index (χ3n) is 6.51. The summed E-state index contributed by atoms with van der Waals surface area (Å²) in [6, 6.07) is 9.86. The molecule has 2 saturated heterocycles. The fourth-order valence-corrected chi connectivity index (χ4v) is 4.97. The smallest absolute Gasteiger partial charge is 0.322 e. The van der Waals surface area contributed by atoms with Crippen LogP contribution in [-0.2, 0) is 10.3 Å². The Hall–Kier alpha value is -3.13. The molecule has 3 heterocycles. The van der Waals surface area contributed by atoms with Crippen molar-refractivity contribution in [3.05, 3.63) is 70.9 Å². The van der Waals surface area contributed by atoms with Gasteiger partial charge in [0.25, 0.3) is 5.91 Å². The van der Waals surface area contributed by atoms with Gasteiger partial charge >= 0.3 is 6.03 Å². The summed E-state index contributed by atoms with van der Waals surface area (Å²) >= 11 is 6.00. The number of nitrogens with one attached hydrogen (secondary N) is 2. The lowest BCUT2D eigenvalue weighted by molar-refractivity contribution is -0.124. The molecule has 2 aliphatic rings. The summed E-state index contributed by atoms with van der Waals surface area (Å²) in [4.78, 5) is 33.8. The minimum Gasteiger partial charge on any atom is -0.371 e. The van der Waals surface area contributed by atoms with E-state index in [-0.39, 0.29) is 17.0 Å². The van der Waals surface area contributed by atoms with E-state index in [4.69, 9.17) is 11.6 Å². The third kappa shape index (κ3) is 4.73. The lowest BCUT2D eigenvalue weighted by Gasteiger charge is -2.43. The summed E-state index contributed by atoms with van der Waals surface area (Å²) < 4.78 is 13.6. The minimum absolute atomic E-state index is 0.121. The first-order chi connectivity index (χ1) is 16.3. The zero-order valence-electron chi connectivity index (χ0n) is 19.4. The average molecular weight is 486 g/mol. The Bertz CT molecular complexity index is 1100. The largest absolute Gasteiger partial charge is 0.371 e. The number of rotatable bonds is 7. The number of urea groups is 1. The topological polar surface area (TPSA) is 77.6 Å². The molecule has 0 radical (unpaired) electrons. The summed E-state index contributed by atoms with van der Waals surface area (Å²) in [6.45, 7) is 6.52. The van der Waals surface area contributed by atoms with Gasteiger partial charge in [0.15, 0.2) is 5.54 Å². The highest BCUT2D eigenvalue weighted by molar-refractivity contribution is 6.31. The van der Waals surface area contributed by atoms with E-state index in [9.17, 15) is 14.0 Å². The van der Waals surface area contributed by atoms with Crippen molar-refractivity contribution >= 4 is 29.2 Å². The van der Waals surface area contributed by atoms with Crippen LogP contribution in [0, 0.1) is 5.82 Å². The second-order valence-electron chi connectivity index (χ2n) is 8.72. The second kappa shape index (κ2) is 10.0. The number of carbonyl (C=O) groups is 2. The van der Waals surface area contributed by atoms with Gasteiger partial charge in [-0.05, 0) is 56.5 Å². The lowest BCUT2D eigenvalue weighted by Crippen LogP contribution is -2.52. The number of hydrogen-bond acceptors (Lipinski definition) is 5. The first-order valence-electron chi connectivity index (χ1n) is 11.5. The van der Waals surface area contributed by atoms with Crippen molar-refractivity contribution in [2.24, 2.45) is 0 Å². The number of benzene rings is 1. The zero-order valence-corrected chi connectivity index (χ0v) is 20.1. The summed E-state index contributed by atoms with van der Waals surface area (Å²) in [7, 11) is 0. The van der Waals surface area contributed by atoms with Crippen molar-refractivity contribution in [3.8, 4) is 0 Å². The summed E-state index contributed by atoms with van der Waals surface area (Å²) in [5.41, 5.74) is 1.37. The van der Waals surface area contributed by atoms with Gasteiger partial charge < -0.3 is 15.1 Å². The Kier molecular flexibility index (Phi) is 7.07. The van der Waals surface area contributed by atoms with Crippen LogP contribution < -0.4 is 15.5 Å². The van der Waals surface area contributed by atoms with Gasteiger partial charge in [-0.1, -0.05) is 30.7 Å². The van der Waals surface area contributed by atoms with E-state index < -0.39 is 17.4 Å². The highest BCUT2D eigenvalue weighted by atomic mass is 35.5. The maximum absolute atomic E-state index is 13.6. The van der Waals surface area contributed by atoms with E-state index in [1.54, 1.807) is 30.5 Å². The SMILES string of the molecule is CC/C=C(\CCC1(c2ccccn2)NC(=O)NC1=O)N1CCN(c2ccc(F)c(Cl)c2)[C@@H](C)C1. The van der Waals surface area contributed by atoms with Crippen molar-refractivity contribution in [3.63, 3.8) is 0 Å². The predicted octanol–water partition coefficient (Wildman–Crippen LogP) is 4.19. The van der Waals surface area contributed by atoms with Crippen LogP contribution in [0.15, 0.2) is 54.4 Å². The molecule has 0 saturated carbocycles. The highest BCUT2D eigenvalue weighted by Gasteiger charge is 2.48. The van der Waals surface area contributed by atoms with Crippen molar-refractivity contribution in [2.45, 2.75) is 44.7 Å². The van der Waals surface area contributed by atoms with Gasteiger partial charge in [0, 0.05) is 43.3 Å². The Morgan fingerprint density at radius 3 is 2.74 bits per heavy atom. The Morgan fingerprint density at radius 2 is 2.12 bits per heavy atom. The number of imide groups is 1. The summed E-state index contributed by atoms with van der Waals surface area (Å²) in [5.74, 6) is -0.798. The molecule has 2 N–H and O–H groups in total. The molecule has 0 aliphatic carbocycles. The van der Waals surface area contributed by atoms with Crippen molar-refractivity contribution in [1.82, 2.24) is 20.5 Å². The average Bonchev–Trinajstić information content (AvgIpc) is 3.13. The van der Waals surface area contributed by atoms with Gasteiger partial charge in [-0.15, -0.1) is 0 Å². The third-order valence-corrected chi connectivity index (χ3v) is 6.80. The molecule has 34 heavy (non-hydrogen) atoms. The Labute approximate surface area is 204 Å². The number of hydrogen-bond donors (Lipinski definition) is 2. The molecule has 2 aromatic rings. The van der Waals surface area contributed by atoms with E-state index in [0.717, 1.165) is 37.4 Å². The molecule has 9 heteroatoms. The van der Waals surface area contributed by atoms with E-state index in [1.807, 2.05) is 6.07 Å². The van der Waals surface area contributed by atoms with Crippen LogP contribution in [0.2, 0.25) is 5.02 Å². The fraction of sp³-hybridized carbons (Fsp3) is 0.400. The number of pyridine rings is 1. The molecule has 1 aromatic heterocycles. The number of nitrogens with zero attached hydrogens (tertiary/aromatic N) is 3. The van der Waals surface area contributed by atoms with Crippen LogP contribution in [0.5, 0.6) is 0 Å². The van der Waals surface area contributed by atoms with Crippen LogP contribution in [0.25, 0.3) is 0 Å². The molecule has 2 aliphatic heterocycles. The standard InChI is InChI=1S/C25H29ClFN5O2/c1-3-6-18(10-11-25(22-7-4-5-12-28-22)23(33)29-24(34)30-25)31-13-14-32(17(2)16-31)19-8-9-21(27)20(26)15-19/h4-9,12,15,17H,3,10-11,13-14,16H2,1-2H3,(H2,29,30,33,34)/b18-6+/t17-,25?/m0/s1. The van der Waals surface area contributed by atoms with Crippen LogP contribution in [0.3, 0.4) is 0 Å². The Morgan fingerprint density at radius 1 is 1.29 bits per heavy atom. The van der Waals surface area contributed by atoms with Crippen molar-refractivity contribution in [1.29, 1.82) is 0 Å². The van der Waals surface area contributed by atoms with Gasteiger partial charge in [-0.25, -0.2) is 9.18 Å². The predicted molar refractivity (Wildman–Crippen MR) is 130 cm³/mol. The molecule has 4 rings (SSSR count). The molecule has 0 bridgehead atoms. The van der Waals surface area contributed by atoms with E-state index in [2.05, 4.69) is 45.3 Å². The summed E-state index contributed by atoms with van der Waals surface area (Å²) in [5, 5.41) is 5.32.